The van der Waals surface area contributed by atoms with Crippen molar-refractivity contribution in [2.24, 2.45) is 13.0 Å². The predicted molar refractivity (Wildman–Crippen MR) is 154 cm³/mol. The van der Waals surface area contributed by atoms with Gasteiger partial charge in [0.05, 0.1) is 11.4 Å². The van der Waals surface area contributed by atoms with Gasteiger partial charge in [-0.2, -0.15) is 5.10 Å². The lowest BCUT2D eigenvalue weighted by molar-refractivity contribution is -0.0363. The molecule has 2 N–H and O–H groups in total. The fourth-order valence-electron chi connectivity index (χ4n) is 5.16. The zero-order valence-corrected chi connectivity index (χ0v) is 23.8. The summed E-state index contributed by atoms with van der Waals surface area (Å²) in [5, 5.41) is 11.9. The van der Waals surface area contributed by atoms with Gasteiger partial charge in [-0.3, -0.25) is 9.25 Å². The molecule has 6 rings (SSSR count). The van der Waals surface area contributed by atoms with E-state index in [9.17, 15) is 13.3 Å². The van der Waals surface area contributed by atoms with E-state index in [2.05, 4.69) is 20.7 Å². The van der Waals surface area contributed by atoms with Gasteiger partial charge in [-0.05, 0) is 69.6 Å². The predicted octanol–water partition coefficient (Wildman–Crippen LogP) is 6.28. The quantitative estimate of drug-likeness (QED) is 0.229. The van der Waals surface area contributed by atoms with Gasteiger partial charge in [0.15, 0.2) is 11.5 Å². The Labute approximate surface area is 231 Å². The summed E-state index contributed by atoms with van der Waals surface area (Å²) in [6.45, 7) is 4.69. The highest BCUT2D eigenvalue weighted by atomic mass is 31.2. The number of anilines is 3. The smallest absolute Gasteiger partial charge is 0.295 e. The number of fused-ring (bicyclic) bond motifs is 1. The van der Waals surface area contributed by atoms with E-state index < -0.39 is 19.8 Å². The second-order valence-electron chi connectivity index (χ2n) is 11.1. The zero-order chi connectivity index (χ0) is 28.0. The van der Waals surface area contributed by atoms with Crippen LogP contribution >= 0.6 is 7.14 Å². The maximum absolute atomic E-state index is 14.3. The molecule has 0 radical (unpaired) electrons. The minimum Gasteiger partial charge on any atom is -0.370 e. The molecule has 1 atom stereocenters. The van der Waals surface area contributed by atoms with E-state index >= 15 is 0 Å². The average Bonchev–Trinajstić information content (AvgIpc) is 3.52. The van der Waals surface area contributed by atoms with Crippen molar-refractivity contribution in [3.63, 3.8) is 0 Å². The maximum atomic E-state index is 14.3. The second kappa shape index (κ2) is 10.6. The molecule has 40 heavy (non-hydrogen) atoms. The Bertz CT molecular complexity index is 1590. The molecule has 1 aliphatic heterocycles. The first-order valence-electron chi connectivity index (χ1n) is 13.7. The van der Waals surface area contributed by atoms with Crippen LogP contribution in [0.1, 0.15) is 50.6 Å². The Morgan fingerprint density at radius 2 is 1.93 bits per heavy atom. The van der Waals surface area contributed by atoms with Crippen LogP contribution in [-0.4, -0.2) is 50.8 Å². The molecule has 1 saturated heterocycles. The Morgan fingerprint density at radius 3 is 2.58 bits per heavy atom. The number of nitrogens with zero attached hydrogens (tertiary/aromatic N) is 5. The molecule has 1 unspecified atom stereocenters. The second-order valence-corrected chi connectivity index (χ2v) is 14.3. The van der Waals surface area contributed by atoms with Crippen molar-refractivity contribution >= 4 is 40.8 Å². The molecule has 3 aromatic heterocycles. The molecule has 12 heteroatoms. The monoisotopic (exact) mass is 569 g/mol. The van der Waals surface area contributed by atoms with Gasteiger partial charge >= 0.3 is 0 Å². The first kappa shape index (κ1) is 26.9. The van der Waals surface area contributed by atoms with E-state index in [4.69, 9.17) is 9.72 Å². The fourth-order valence-corrected chi connectivity index (χ4v) is 6.32. The number of halogens is 2. The summed E-state index contributed by atoms with van der Waals surface area (Å²) in [7, 11) is -0.912. The first-order chi connectivity index (χ1) is 19.2. The van der Waals surface area contributed by atoms with Crippen LogP contribution in [0.3, 0.4) is 0 Å². The summed E-state index contributed by atoms with van der Waals surface area (Å²) in [5.74, 6) is 0.801. The molecule has 2 aliphatic rings. The summed E-state index contributed by atoms with van der Waals surface area (Å²) in [6, 6.07) is 9.35. The number of ether oxygens (including phenoxy) is 1. The van der Waals surface area contributed by atoms with Crippen LogP contribution in [0, 0.1) is 5.92 Å². The van der Waals surface area contributed by atoms with Crippen LogP contribution in [0.2, 0.25) is 0 Å². The van der Waals surface area contributed by atoms with E-state index in [-0.39, 0.29) is 5.82 Å². The summed E-state index contributed by atoms with van der Waals surface area (Å²) in [6.07, 6.45) is 3.23. The van der Waals surface area contributed by atoms with Gasteiger partial charge in [0.25, 0.3) is 6.43 Å². The molecule has 2 fully saturated rings. The number of imidazole rings is 1. The number of aryl methyl sites for hydroxylation is 1. The highest BCUT2D eigenvalue weighted by Gasteiger charge is 2.30. The molecule has 212 valence electrons. The molecule has 0 spiro atoms. The van der Waals surface area contributed by atoms with Gasteiger partial charge in [-0.1, -0.05) is 6.07 Å². The average molecular weight is 570 g/mol. The zero-order valence-electron chi connectivity index (χ0n) is 22.9. The van der Waals surface area contributed by atoms with Crippen molar-refractivity contribution in [1.29, 1.82) is 0 Å². The Morgan fingerprint density at radius 1 is 1.10 bits per heavy atom. The van der Waals surface area contributed by atoms with Crippen molar-refractivity contribution in [3.05, 3.63) is 42.4 Å². The minimum absolute atomic E-state index is 0.322. The van der Waals surface area contributed by atoms with Crippen LogP contribution in [0.15, 0.2) is 36.5 Å². The Kier molecular flexibility index (Phi) is 7.12. The number of aromatic nitrogens is 5. The molecule has 9 nitrogen and oxygen atoms in total. The number of rotatable bonds is 9. The number of hydrogen-bond acceptors (Lipinski definition) is 7. The van der Waals surface area contributed by atoms with Crippen molar-refractivity contribution < 1.29 is 18.1 Å². The van der Waals surface area contributed by atoms with E-state index in [1.165, 1.54) is 4.57 Å². The van der Waals surface area contributed by atoms with Crippen LogP contribution in [0.25, 0.3) is 22.4 Å². The van der Waals surface area contributed by atoms with Crippen LogP contribution in [0.5, 0.6) is 0 Å². The molecule has 4 heterocycles. The molecular formula is C28H34F2N7O2P. The number of alkyl halides is 2. The van der Waals surface area contributed by atoms with Crippen molar-refractivity contribution in [2.75, 3.05) is 37.1 Å². The van der Waals surface area contributed by atoms with Gasteiger partial charge in [0, 0.05) is 49.0 Å². The number of benzene rings is 1. The van der Waals surface area contributed by atoms with Crippen molar-refractivity contribution in [2.45, 2.75) is 44.8 Å². The van der Waals surface area contributed by atoms with Gasteiger partial charge < -0.3 is 19.9 Å². The lowest BCUT2D eigenvalue weighted by Crippen LogP contribution is -2.21. The first-order valence-corrected chi connectivity index (χ1v) is 16.3. The molecule has 1 saturated carbocycles. The van der Waals surface area contributed by atoms with Gasteiger partial charge in [0.2, 0.25) is 0 Å². The van der Waals surface area contributed by atoms with Crippen LogP contribution in [-0.2, 0) is 16.3 Å². The van der Waals surface area contributed by atoms with E-state index in [1.54, 1.807) is 24.1 Å². The summed E-state index contributed by atoms with van der Waals surface area (Å²) in [4.78, 5) is 9.14. The molecule has 1 aliphatic carbocycles. The summed E-state index contributed by atoms with van der Waals surface area (Å²) < 4.78 is 51.2. The third-order valence-electron chi connectivity index (χ3n) is 7.44. The summed E-state index contributed by atoms with van der Waals surface area (Å²) in [5.41, 5.74) is 3.41. The third kappa shape index (κ3) is 5.49. The van der Waals surface area contributed by atoms with E-state index in [0.29, 0.717) is 52.6 Å². The molecule has 0 bridgehead atoms. The Hall–Kier alpha value is -3.30. The topological polar surface area (TPSA) is 98.9 Å². The van der Waals surface area contributed by atoms with Crippen LogP contribution < -0.4 is 15.9 Å². The highest BCUT2D eigenvalue weighted by Crippen LogP contribution is 2.42. The fraction of sp³-hybridized carbons (Fsp3) is 0.464. The van der Waals surface area contributed by atoms with Crippen molar-refractivity contribution in [3.8, 4) is 11.3 Å². The largest absolute Gasteiger partial charge is 0.370 e. The number of pyridine rings is 1. The van der Waals surface area contributed by atoms with E-state index in [1.807, 2.05) is 37.5 Å². The Balaban J connectivity index is 1.47. The molecule has 4 aromatic rings. The standard InChI is InChI=1S/C28H34F2N7O2P/c1-36-12-11-19(35-36)18-9-10-20(22(14-18)40(2,3)38)32-21-15-23(31-16-17-7-8-17)33-27-25(21)34-28(26(29)30)37(27)24-6-4-5-13-39-24/h9-12,14-15,17,24,26H,4-8,13,16H2,1-3H3,(H2,31,32,33). The van der Waals surface area contributed by atoms with E-state index in [0.717, 1.165) is 43.5 Å². The summed E-state index contributed by atoms with van der Waals surface area (Å²) >= 11 is 0. The molecule has 1 aromatic carbocycles. The van der Waals surface area contributed by atoms with Gasteiger partial charge in [0.1, 0.15) is 24.7 Å². The van der Waals surface area contributed by atoms with Crippen molar-refractivity contribution in [1.82, 2.24) is 24.3 Å². The molecular weight excluding hydrogens is 535 g/mol. The minimum atomic E-state index is -2.80. The maximum Gasteiger partial charge on any atom is 0.295 e. The number of hydrogen-bond donors (Lipinski definition) is 2. The van der Waals surface area contributed by atoms with Gasteiger partial charge in [-0.15, -0.1) is 0 Å². The normalized spacial score (nSPS) is 18.0. The van der Waals surface area contributed by atoms with Crippen LogP contribution in [0.4, 0.5) is 26.0 Å². The highest BCUT2D eigenvalue weighted by molar-refractivity contribution is 7.70. The molecule has 0 amide bonds. The lowest BCUT2D eigenvalue weighted by Gasteiger charge is -2.25. The number of nitrogens with one attached hydrogen (secondary N) is 2. The SMILES string of the molecule is Cn1ccc(-c2ccc(Nc3cc(NCC4CC4)nc4c3nc(C(F)F)n4C3CCCCO3)c(P(C)(C)=O)c2)n1. The van der Waals surface area contributed by atoms with Gasteiger partial charge in [-0.25, -0.2) is 18.7 Å². The third-order valence-corrected chi connectivity index (χ3v) is 8.97. The lowest BCUT2D eigenvalue weighted by atomic mass is 10.1.